The minimum atomic E-state index is 0.658. The summed E-state index contributed by atoms with van der Waals surface area (Å²) in [4.78, 5) is 21.7. The number of rotatable bonds is 6. The van der Waals surface area contributed by atoms with Crippen molar-refractivity contribution in [3.05, 3.63) is 67.1 Å². The van der Waals surface area contributed by atoms with Gasteiger partial charge in [0, 0.05) is 41.6 Å². The van der Waals surface area contributed by atoms with Gasteiger partial charge in [0.15, 0.2) is 5.82 Å². The van der Waals surface area contributed by atoms with E-state index in [1.807, 2.05) is 30.6 Å². The zero-order chi connectivity index (χ0) is 22.2. The quantitative estimate of drug-likeness (QED) is 0.355. The van der Waals surface area contributed by atoms with E-state index in [0.717, 1.165) is 68.8 Å². The molecule has 9 nitrogen and oxygen atoms in total. The molecule has 0 amide bonds. The van der Waals surface area contributed by atoms with E-state index in [1.165, 1.54) is 0 Å². The molecule has 0 aliphatic rings. The van der Waals surface area contributed by atoms with Crippen LogP contribution >= 0.6 is 0 Å². The van der Waals surface area contributed by atoms with E-state index in [0.29, 0.717) is 5.82 Å². The SMILES string of the molecule is CCNCc1cncc(-c2cc3c(-c4nc5c(-c6ccoc6)nccc5[nH]4)n[nH]c3cn2)c1. The summed E-state index contributed by atoms with van der Waals surface area (Å²) in [6.45, 7) is 3.75. The fourth-order valence-electron chi connectivity index (χ4n) is 3.91. The van der Waals surface area contributed by atoms with Gasteiger partial charge in [0.1, 0.15) is 16.9 Å². The summed E-state index contributed by atoms with van der Waals surface area (Å²) in [5, 5.41) is 11.8. The number of hydrogen-bond donors (Lipinski definition) is 3. The van der Waals surface area contributed by atoms with Gasteiger partial charge in [-0.3, -0.25) is 20.1 Å². The van der Waals surface area contributed by atoms with Crippen LogP contribution in [0.15, 0.2) is 66.0 Å². The number of H-pyrrole nitrogens is 2. The van der Waals surface area contributed by atoms with Crippen molar-refractivity contribution in [1.29, 1.82) is 0 Å². The summed E-state index contributed by atoms with van der Waals surface area (Å²) >= 11 is 0. The molecule has 0 atom stereocenters. The molecule has 0 saturated heterocycles. The number of nitrogens with zero attached hydrogens (tertiary/aromatic N) is 5. The molecule has 6 aromatic heterocycles. The van der Waals surface area contributed by atoms with Crippen molar-refractivity contribution in [3.63, 3.8) is 0 Å². The van der Waals surface area contributed by atoms with Gasteiger partial charge in [-0.15, -0.1) is 0 Å². The number of fused-ring (bicyclic) bond motifs is 2. The summed E-state index contributed by atoms with van der Waals surface area (Å²) in [6, 6.07) is 7.90. The average molecular weight is 436 g/mol. The molecule has 6 aromatic rings. The van der Waals surface area contributed by atoms with Crippen molar-refractivity contribution in [2.45, 2.75) is 13.5 Å². The number of nitrogens with one attached hydrogen (secondary N) is 3. The summed E-state index contributed by atoms with van der Waals surface area (Å²) in [7, 11) is 0. The average Bonchev–Trinajstić information content (AvgIpc) is 3.61. The monoisotopic (exact) mass is 436 g/mol. The number of pyridine rings is 3. The lowest BCUT2D eigenvalue weighted by atomic mass is 10.1. The molecule has 0 saturated carbocycles. The zero-order valence-corrected chi connectivity index (χ0v) is 17.8. The van der Waals surface area contributed by atoms with Gasteiger partial charge in [-0.2, -0.15) is 5.10 Å². The highest BCUT2D eigenvalue weighted by Crippen LogP contribution is 2.31. The van der Waals surface area contributed by atoms with Crippen LogP contribution < -0.4 is 5.32 Å². The molecule has 0 unspecified atom stereocenters. The van der Waals surface area contributed by atoms with Crippen LogP contribution in [0.25, 0.3) is 56.0 Å². The molecule has 0 fully saturated rings. The lowest BCUT2D eigenvalue weighted by Crippen LogP contribution is -2.11. The molecule has 0 spiro atoms. The lowest BCUT2D eigenvalue weighted by Gasteiger charge is -2.05. The molecule has 33 heavy (non-hydrogen) atoms. The second kappa shape index (κ2) is 7.95. The Morgan fingerprint density at radius 1 is 1.00 bits per heavy atom. The highest BCUT2D eigenvalue weighted by atomic mass is 16.3. The molecule has 0 aliphatic carbocycles. The predicted molar refractivity (Wildman–Crippen MR) is 125 cm³/mol. The van der Waals surface area contributed by atoms with Gasteiger partial charge in [-0.05, 0) is 36.4 Å². The van der Waals surface area contributed by atoms with E-state index in [-0.39, 0.29) is 0 Å². The Morgan fingerprint density at radius 3 is 2.85 bits per heavy atom. The van der Waals surface area contributed by atoms with Crippen LogP contribution in [0, 0.1) is 0 Å². The standard InChI is InChI=1S/C24H20N8O/c1-2-25-9-14-7-16(11-26-10-14)19-8-17-20(12-28-19)31-32-22(17)24-29-18-3-5-27-21(23(18)30-24)15-4-6-33-13-15/h3-8,10-13,25H,2,9H2,1H3,(H,29,30)(H,31,32). The van der Waals surface area contributed by atoms with Crippen molar-refractivity contribution < 1.29 is 4.42 Å². The third-order valence-electron chi connectivity index (χ3n) is 5.54. The predicted octanol–water partition coefficient (Wildman–Crippen LogP) is 4.33. The normalized spacial score (nSPS) is 11.5. The zero-order valence-electron chi connectivity index (χ0n) is 17.8. The summed E-state index contributed by atoms with van der Waals surface area (Å²) in [5.41, 5.74) is 7.72. The van der Waals surface area contributed by atoms with Gasteiger partial charge >= 0.3 is 0 Å². The van der Waals surface area contributed by atoms with Crippen LogP contribution in [0.5, 0.6) is 0 Å². The smallest absolute Gasteiger partial charge is 0.159 e. The van der Waals surface area contributed by atoms with Crippen molar-refractivity contribution >= 4 is 21.9 Å². The highest BCUT2D eigenvalue weighted by molar-refractivity contribution is 5.96. The van der Waals surface area contributed by atoms with Crippen LogP contribution in [0.1, 0.15) is 12.5 Å². The van der Waals surface area contributed by atoms with Gasteiger partial charge in [0.05, 0.1) is 35.5 Å². The van der Waals surface area contributed by atoms with E-state index in [1.54, 1.807) is 24.9 Å². The van der Waals surface area contributed by atoms with Crippen molar-refractivity contribution in [2.75, 3.05) is 6.54 Å². The Bertz CT molecular complexity index is 1560. The van der Waals surface area contributed by atoms with E-state index in [4.69, 9.17) is 9.40 Å². The molecule has 0 bridgehead atoms. The Kier molecular flexibility index (Phi) is 4.66. The first-order valence-corrected chi connectivity index (χ1v) is 10.7. The molecule has 3 N–H and O–H groups in total. The van der Waals surface area contributed by atoms with E-state index in [9.17, 15) is 0 Å². The maximum atomic E-state index is 5.23. The second-order valence-electron chi connectivity index (χ2n) is 7.70. The first-order valence-electron chi connectivity index (χ1n) is 10.7. The molecule has 0 radical (unpaired) electrons. The number of aromatic nitrogens is 7. The van der Waals surface area contributed by atoms with Gasteiger partial charge in [-0.25, -0.2) is 4.98 Å². The Labute approximate surface area is 188 Å². The van der Waals surface area contributed by atoms with Gasteiger partial charge in [0.25, 0.3) is 0 Å². The molecule has 9 heteroatoms. The second-order valence-corrected chi connectivity index (χ2v) is 7.70. The molecule has 0 aromatic carbocycles. The minimum Gasteiger partial charge on any atom is -0.472 e. The number of hydrogen-bond acceptors (Lipinski definition) is 7. The van der Waals surface area contributed by atoms with E-state index >= 15 is 0 Å². The van der Waals surface area contributed by atoms with Crippen LogP contribution in [-0.2, 0) is 6.54 Å². The van der Waals surface area contributed by atoms with Gasteiger partial charge in [-0.1, -0.05) is 6.92 Å². The topological polar surface area (TPSA) is 121 Å². The van der Waals surface area contributed by atoms with Crippen LogP contribution in [0.4, 0.5) is 0 Å². The van der Waals surface area contributed by atoms with Gasteiger partial charge in [0.2, 0.25) is 0 Å². The molecule has 6 heterocycles. The number of aromatic amines is 2. The first-order chi connectivity index (χ1) is 16.3. The van der Waals surface area contributed by atoms with Crippen molar-refractivity contribution in [2.24, 2.45) is 0 Å². The fraction of sp³-hybridized carbons (Fsp3) is 0.125. The fourth-order valence-corrected chi connectivity index (χ4v) is 3.91. The first kappa shape index (κ1) is 19.3. The maximum absolute atomic E-state index is 5.23. The molecular formula is C24H20N8O. The van der Waals surface area contributed by atoms with Crippen molar-refractivity contribution in [1.82, 2.24) is 40.4 Å². The van der Waals surface area contributed by atoms with E-state index < -0.39 is 0 Å². The Morgan fingerprint density at radius 2 is 1.97 bits per heavy atom. The van der Waals surface area contributed by atoms with Crippen molar-refractivity contribution in [3.8, 4) is 34.0 Å². The van der Waals surface area contributed by atoms with E-state index in [2.05, 4.69) is 48.4 Å². The number of imidazole rings is 1. The third kappa shape index (κ3) is 3.44. The van der Waals surface area contributed by atoms with Gasteiger partial charge < -0.3 is 14.7 Å². The highest BCUT2D eigenvalue weighted by Gasteiger charge is 2.17. The molecule has 6 rings (SSSR count). The Hall–Kier alpha value is -4.37. The maximum Gasteiger partial charge on any atom is 0.159 e. The summed E-state index contributed by atoms with van der Waals surface area (Å²) in [6.07, 6.45) is 10.5. The molecular weight excluding hydrogens is 416 g/mol. The summed E-state index contributed by atoms with van der Waals surface area (Å²) in [5.74, 6) is 0.658. The molecule has 0 aliphatic heterocycles. The van der Waals surface area contributed by atoms with Crippen LogP contribution in [0.2, 0.25) is 0 Å². The van der Waals surface area contributed by atoms with Crippen LogP contribution in [0.3, 0.4) is 0 Å². The number of furan rings is 1. The summed E-state index contributed by atoms with van der Waals surface area (Å²) < 4.78 is 5.23. The molecule has 162 valence electrons. The van der Waals surface area contributed by atoms with Crippen LogP contribution in [-0.4, -0.2) is 41.7 Å². The third-order valence-corrected chi connectivity index (χ3v) is 5.54. The lowest BCUT2D eigenvalue weighted by molar-refractivity contribution is 0.568. The Balaban J connectivity index is 1.44. The largest absolute Gasteiger partial charge is 0.472 e. The minimum absolute atomic E-state index is 0.658.